The van der Waals surface area contributed by atoms with Crippen molar-refractivity contribution in [3.05, 3.63) is 148 Å². The second-order valence-electron chi connectivity index (χ2n) is 23.0. The number of allylic oxidation sites excluding steroid dienone is 2. The fraction of sp³-hybridized carbons (Fsp3) is 0.475. The van der Waals surface area contributed by atoms with Crippen LogP contribution in [0.3, 0.4) is 0 Å². The molecule has 4 heterocycles. The lowest BCUT2D eigenvalue weighted by Gasteiger charge is -2.34. The summed E-state index contributed by atoms with van der Waals surface area (Å²) in [6, 6.07) is 21.9. The standard InChI is InChI=1S/C17H21Cl2NO2.C12H15Cl2N.C12H13Cl2N.C12H18F3NO5S.C6H5BCl2O2/c1-11-5-8-15(12-6-7-13(18)14(19)9-12)20(10-11)16(21)22-17(2,3)4;2*1-8-2-5-12(15-7-8)9-3-4-10(13)11(14)6-9;1-8-5-6-9(21-22(18,19)12(13,14)15)16(7-8)10(17)20-11(2,3)4;8-5-2-1-4(7(10)11)3-6(5)9/h6-9,11H,5,10H2,1-4H3;3-4,6,8,12,15H,2,5,7H2,1H3;3-4,6,8H,2,5,7H2,1H3;6,8H,5,7H2,1-4H3;1-3,10-11H/t;8-,12+;;;/m.1.../s1. The fourth-order valence-electron chi connectivity index (χ4n) is 8.35. The molecule has 4 aromatic rings. The molecule has 2 amide bonds. The summed E-state index contributed by atoms with van der Waals surface area (Å²) in [6.07, 6.45) is 7.77. The molecule has 4 aliphatic heterocycles. The lowest BCUT2D eigenvalue weighted by Crippen LogP contribution is -2.42. The van der Waals surface area contributed by atoms with E-state index in [-0.39, 0.29) is 25.0 Å². The number of aliphatic imine (C=N–C) groups is 1. The first kappa shape index (κ1) is 73.8. The van der Waals surface area contributed by atoms with Gasteiger partial charge in [0, 0.05) is 31.4 Å². The molecule has 85 heavy (non-hydrogen) atoms. The first-order chi connectivity index (χ1) is 39.3. The van der Waals surface area contributed by atoms with Crippen molar-refractivity contribution in [2.24, 2.45) is 28.7 Å². The summed E-state index contributed by atoms with van der Waals surface area (Å²) in [5.74, 6) is 1.11. The van der Waals surface area contributed by atoms with Crippen LogP contribution in [0.25, 0.3) is 5.70 Å². The maximum Gasteiger partial charge on any atom is 0.534 e. The van der Waals surface area contributed by atoms with Gasteiger partial charge in [-0.3, -0.25) is 9.89 Å². The van der Waals surface area contributed by atoms with Gasteiger partial charge in [-0.1, -0.05) is 151 Å². The van der Waals surface area contributed by atoms with Gasteiger partial charge in [0.2, 0.25) is 5.88 Å². The van der Waals surface area contributed by atoms with Crippen LogP contribution in [0.15, 0.2) is 95.8 Å². The molecule has 0 aliphatic carbocycles. The van der Waals surface area contributed by atoms with Gasteiger partial charge in [-0.2, -0.15) is 21.6 Å². The molecule has 0 aromatic heterocycles. The molecule has 5 atom stereocenters. The molecule has 4 aliphatic rings. The van der Waals surface area contributed by atoms with Gasteiger partial charge in [0.05, 0.1) is 45.9 Å². The minimum absolute atomic E-state index is 0.00583. The Morgan fingerprint density at radius 1 is 0.612 bits per heavy atom. The number of carbonyl (C=O) groups is 2. The highest BCUT2D eigenvalue weighted by atomic mass is 35.5. The zero-order chi connectivity index (χ0) is 63.9. The molecule has 0 saturated carbocycles. The van der Waals surface area contributed by atoms with Gasteiger partial charge in [0.15, 0.2) is 0 Å². The Balaban J connectivity index is 0.000000232. The summed E-state index contributed by atoms with van der Waals surface area (Å²) in [4.78, 5) is 31.5. The number of halogens is 11. The number of benzene rings is 4. The Bertz CT molecular complexity index is 3140. The molecule has 4 aromatic carbocycles. The number of carbonyl (C=O) groups excluding carboxylic acids is 2. The van der Waals surface area contributed by atoms with Crippen LogP contribution >= 0.6 is 92.8 Å². The average molecular weight is 1360 g/mol. The smallest absolute Gasteiger partial charge is 0.443 e. The van der Waals surface area contributed by atoms with Crippen molar-refractivity contribution in [3.63, 3.8) is 0 Å². The second-order valence-corrected chi connectivity index (χ2v) is 27.8. The molecule has 0 bridgehead atoms. The lowest BCUT2D eigenvalue weighted by atomic mass is 9.80. The monoisotopic (exact) mass is 1360 g/mol. The minimum Gasteiger partial charge on any atom is -0.443 e. The third kappa shape index (κ3) is 24.4. The van der Waals surface area contributed by atoms with Crippen LogP contribution < -0.4 is 10.8 Å². The van der Waals surface area contributed by atoms with Crippen LogP contribution in [-0.4, -0.2) is 96.2 Å². The third-order valence-electron chi connectivity index (χ3n) is 12.8. The van der Waals surface area contributed by atoms with E-state index in [1.807, 2.05) is 57.2 Å². The topological polar surface area (TPSA) is 167 Å². The van der Waals surface area contributed by atoms with Crippen molar-refractivity contribution >= 4 is 139 Å². The molecule has 26 heteroatoms. The van der Waals surface area contributed by atoms with E-state index in [0.717, 1.165) is 65.4 Å². The molecule has 13 nitrogen and oxygen atoms in total. The van der Waals surface area contributed by atoms with E-state index in [0.29, 0.717) is 70.1 Å². The molecular weight excluding hydrogens is 1290 g/mol. The summed E-state index contributed by atoms with van der Waals surface area (Å²) in [5.41, 5.74) is -1.44. The number of amides is 2. The predicted molar refractivity (Wildman–Crippen MR) is 340 cm³/mol. The highest BCUT2D eigenvalue weighted by molar-refractivity contribution is 7.87. The average Bonchev–Trinajstić information content (AvgIpc) is 3.39. The summed E-state index contributed by atoms with van der Waals surface area (Å²) in [7, 11) is -7.34. The molecule has 1 fully saturated rings. The van der Waals surface area contributed by atoms with E-state index in [1.165, 1.54) is 43.0 Å². The zero-order valence-corrected chi connectivity index (χ0v) is 55.6. The highest BCUT2D eigenvalue weighted by Crippen LogP contribution is 2.35. The Kier molecular flexibility index (Phi) is 28.4. The van der Waals surface area contributed by atoms with E-state index in [9.17, 15) is 31.2 Å². The highest BCUT2D eigenvalue weighted by Gasteiger charge is 2.50. The van der Waals surface area contributed by atoms with Crippen LogP contribution in [0.2, 0.25) is 40.2 Å². The molecule has 3 unspecified atom stereocenters. The van der Waals surface area contributed by atoms with E-state index in [4.69, 9.17) is 112 Å². The summed E-state index contributed by atoms with van der Waals surface area (Å²) in [6.45, 7) is 21.3. The van der Waals surface area contributed by atoms with E-state index < -0.39 is 45.9 Å². The van der Waals surface area contributed by atoms with Gasteiger partial charge < -0.3 is 29.0 Å². The number of hydrogen-bond donors (Lipinski definition) is 3. The maximum atomic E-state index is 12.5. The van der Waals surface area contributed by atoms with E-state index in [2.05, 4.69) is 47.4 Å². The van der Waals surface area contributed by atoms with E-state index in [1.54, 1.807) is 44.7 Å². The van der Waals surface area contributed by atoms with Crippen molar-refractivity contribution in [1.82, 2.24) is 15.1 Å². The quantitative estimate of drug-likeness (QED) is 0.0960. The number of nitrogens with zero attached hydrogens (tertiary/aromatic N) is 3. The molecule has 0 radical (unpaired) electrons. The van der Waals surface area contributed by atoms with Gasteiger partial charge in [-0.15, -0.1) is 0 Å². The lowest BCUT2D eigenvalue weighted by molar-refractivity contribution is -0.0546. The Labute approximate surface area is 538 Å². The van der Waals surface area contributed by atoms with Crippen molar-refractivity contribution in [2.75, 3.05) is 26.2 Å². The zero-order valence-electron chi connectivity index (χ0n) is 48.8. The fourth-order valence-corrected chi connectivity index (χ4v) is 10.0. The van der Waals surface area contributed by atoms with Crippen molar-refractivity contribution < 1.29 is 54.9 Å². The summed E-state index contributed by atoms with van der Waals surface area (Å²) < 4.78 is 74.0. The van der Waals surface area contributed by atoms with Gasteiger partial charge in [-0.05, 0) is 187 Å². The SMILES string of the molecule is CC1CC=C(OS(=O)(=O)C(F)(F)F)N(C(=O)OC(C)(C)C)C1.CC1CC=C(c2ccc(Cl)c(Cl)c2)N(C(=O)OC(C)(C)C)C1.CC1CCC(c2ccc(Cl)c(Cl)c2)=NC1.C[C@@H]1CC[C@@H](c2ccc(Cl)c(Cl)c2)NC1.OB(O)c1ccc(Cl)c(Cl)c1. The molecule has 0 spiro atoms. The molecule has 468 valence electrons. The van der Waals surface area contributed by atoms with Crippen LogP contribution in [0.4, 0.5) is 22.8 Å². The molecule has 8 rings (SSSR count). The predicted octanol–water partition coefficient (Wildman–Crippen LogP) is 17.5. The Morgan fingerprint density at radius 3 is 1.56 bits per heavy atom. The van der Waals surface area contributed by atoms with Gasteiger partial charge in [0.25, 0.3) is 0 Å². The number of hydrogen-bond acceptors (Lipinski definition) is 11. The largest absolute Gasteiger partial charge is 0.534 e. The van der Waals surface area contributed by atoms with Gasteiger partial charge >= 0.3 is 34.9 Å². The van der Waals surface area contributed by atoms with Gasteiger partial charge in [0.1, 0.15) is 11.2 Å². The summed E-state index contributed by atoms with van der Waals surface area (Å²) in [5, 5.41) is 25.1. The van der Waals surface area contributed by atoms with E-state index >= 15 is 0 Å². The second kappa shape index (κ2) is 32.7. The van der Waals surface area contributed by atoms with Crippen LogP contribution in [0, 0.1) is 23.7 Å². The Morgan fingerprint density at radius 2 is 1.09 bits per heavy atom. The first-order valence-electron chi connectivity index (χ1n) is 27.2. The van der Waals surface area contributed by atoms with Crippen LogP contribution in [-0.2, 0) is 23.8 Å². The number of rotatable bonds is 6. The van der Waals surface area contributed by atoms with Crippen molar-refractivity contribution in [1.29, 1.82) is 0 Å². The van der Waals surface area contributed by atoms with Crippen molar-refractivity contribution in [3.8, 4) is 0 Å². The minimum atomic E-state index is -5.84. The first-order valence-corrected chi connectivity index (χ1v) is 31.6. The van der Waals surface area contributed by atoms with Crippen LogP contribution in [0.5, 0.6) is 0 Å². The van der Waals surface area contributed by atoms with Crippen molar-refractivity contribution in [2.45, 2.75) is 131 Å². The number of piperidine rings is 1. The molecular formula is C59H72BCl8F3N4O9S. The molecule has 3 N–H and O–H groups in total. The molecule has 1 saturated heterocycles. The summed E-state index contributed by atoms with van der Waals surface area (Å²) >= 11 is 47.0. The van der Waals surface area contributed by atoms with Gasteiger partial charge in [-0.25, -0.2) is 14.5 Å². The number of alkyl halides is 3. The number of ether oxygens (including phenoxy) is 2. The van der Waals surface area contributed by atoms with Crippen LogP contribution in [0.1, 0.15) is 130 Å². The maximum absolute atomic E-state index is 12.5. The third-order valence-corrected chi connectivity index (χ3v) is 16.8. The normalized spacial score (nSPS) is 19.9. The Hall–Kier alpha value is -3.63. The number of nitrogens with one attached hydrogen (secondary N) is 1.